The molecule has 1 amide bonds. The first-order valence-electron chi connectivity index (χ1n) is 5.87. The summed E-state index contributed by atoms with van der Waals surface area (Å²) in [5.41, 5.74) is 0.535. The summed E-state index contributed by atoms with van der Waals surface area (Å²) in [5, 5.41) is 0.481. The topological polar surface area (TPSA) is 29.5 Å². The van der Waals surface area contributed by atoms with E-state index in [0.29, 0.717) is 23.7 Å². The van der Waals surface area contributed by atoms with Crippen LogP contribution in [0.3, 0.4) is 0 Å². The van der Waals surface area contributed by atoms with Crippen LogP contribution in [0, 0.1) is 0 Å². The fraction of sp³-hybridized carbons (Fsp3) is 0.462. The maximum atomic E-state index is 12.4. The predicted octanol–water partition coefficient (Wildman–Crippen LogP) is 3.35. The van der Waals surface area contributed by atoms with E-state index in [0.717, 1.165) is 4.47 Å². The fourth-order valence-electron chi connectivity index (χ4n) is 2.18. The molecular weight excluding hydrogens is 318 g/mol. The van der Waals surface area contributed by atoms with Crippen molar-refractivity contribution in [3.8, 4) is 0 Å². The van der Waals surface area contributed by atoms with Gasteiger partial charge in [-0.1, -0.05) is 27.5 Å². The zero-order chi connectivity index (χ0) is 13.3. The van der Waals surface area contributed by atoms with Gasteiger partial charge in [0.2, 0.25) is 0 Å². The number of morpholine rings is 1. The number of carbonyl (C=O) groups is 1. The average molecular weight is 333 g/mol. The van der Waals surface area contributed by atoms with Gasteiger partial charge in [0.1, 0.15) is 0 Å². The molecule has 1 aliphatic rings. The highest BCUT2D eigenvalue weighted by Gasteiger charge is 2.27. The van der Waals surface area contributed by atoms with Crippen LogP contribution < -0.4 is 0 Å². The number of benzene rings is 1. The van der Waals surface area contributed by atoms with Gasteiger partial charge in [-0.25, -0.2) is 0 Å². The van der Waals surface area contributed by atoms with Crippen molar-refractivity contribution < 1.29 is 9.53 Å². The first kappa shape index (κ1) is 13.8. The molecule has 0 bridgehead atoms. The van der Waals surface area contributed by atoms with Gasteiger partial charge in [-0.2, -0.15) is 0 Å². The number of halogens is 2. The number of hydrogen-bond donors (Lipinski definition) is 0. The molecule has 3 nitrogen and oxygen atoms in total. The van der Waals surface area contributed by atoms with Crippen molar-refractivity contribution in [1.82, 2.24) is 4.90 Å². The lowest BCUT2D eigenvalue weighted by Crippen LogP contribution is -2.48. The van der Waals surface area contributed by atoms with Crippen molar-refractivity contribution in [3.05, 3.63) is 33.3 Å². The van der Waals surface area contributed by atoms with Crippen molar-refractivity contribution in [2.75, 3.05) is 13.1 Å². The summed E-state index contributed by atoms with van der Waals surface area (Å²) in [6, 6.07) is 5.31. The molecule has 1 aliphatic heterocycles. The average Bonchev–Trinajstić information content (AvgIpc) is 2.30. The van der Waals surface area contributed by atoms with E-state index in [2.05, 4.69) is 15.9 Å². The lowest BCUT2D eigenvalue weighted by Gasteiger charge is -2.35. The Morgan fingerprint density at radius 2 is 2.00 bits per heavy atom. The normalized spacial score (nSPS) is 24.1. The van der Waals surface area contributed by atoms with E-state index >= 15 is 0 Å². The van der Waals surface area contributed by atoms with Crippen LogP contribution in [0.4, 0.5) is 0 Å². The molecular formula is C13H15BrClNO2. The summed E-state index contributed by atoms with van der Waals surface area (Å²) < 4.78 is 6.47. The van der Waals surface area contributed by atoms with E-state index in [9.17, 15) is 4.79 Å². The lowest BCUT2D eigenvalue weighted by atomic mass is 10.1. The Kier molecular flexibility index (Phi) is 4.30. The minimum Gasteiger partial charge on any atom is -0.372 e. The molecule has 98 valence electrons. The highest BCUT2D eigenvalue weighted by Crippen LogP contribution is 2.23. The molecule has 18 heavy (non-hydrogen) atoms. The molecule has 0 radical (unpaired) electrons. The second-order valence-electron chi connectivity index (χ2n) is 4.59. The Morgan fingerprint density at radius 1 is 1.39 bits per heavy atom. The number of amides is 1. The fourth-order valence-corrected chi connectivity index (χ4v) is 2.73. The molecule has 0 aromatic heterocycles. The number of carbonyl (C=O) groups excluding carboxylic acids is 1. The monoisotopic (exact) mass is 331 g/mol. The molecule has 0 unspecified atom stereocenters. The molecule has 0 N–H and O–H groups in total. The smallest absolute Gasteiger partial charge is 0.255 e. The van der Waals surface area contributed by atoms with Crippen LogP contribution in [0.25, 0.3) is 0 Å². The Bertz CT molecular complexity index is 456. The number of hydrogen-bond acceptors (Lipinski definition) is 2. The van der Waals surface area contributed by atoms with Gasteiger partial charge >= 0.3 is 0 Å². The van der Waals surface area contributed by atoms with Crippen molar-refractivity contribution in [1.29, 1.82) is 0 Å². The number of rotatable bonds is 1. The third kappa shape index (κ3) is 3.05. The molecule has 0 spiro atoms. The minimum absolute atomic E-state index is 0.0386. The molecule has 1 saturated heterocycles. The van der Waals surface area contributed by atoms with Crippen molar-refractivity contribution in [2.45, 2.75) is 26.1 Å². The molecule has 1 aromatic carbocycles. The van der Waals surface area contributed by atoms with Gasteiger partial charge in [-0.15, -0.1) is 0 Å². The zero-order valence-electron chi connectivity index (χ0n) is 10.3. The Labute approximate surface area is 120 Å². The van der Waals surface area contributed by atoms with Crippen LogP contribution >= 0.6 is 27.5 Å². The molecule has 2 atom stereocenters. The second-order valence-corrected chi connectivity index (χ2v) is 5.91. The van der Waals surface area contributed by atoms with Crippen LogP contribution in [-0.4, -0.2) is 36.1 Å². The third-order valence-electron chi connectivity index (χ3n) is 2.87. The molecule has 1 fully saturated rings. The van der Waals surface area contributed by atoms with E-state index < -0.39 is 0 Å². The van der Waals surface area contributed by atoms with Gasteiger partial charge in [0.25, 0.3) is 5.91 Å². The molecule has 5 heteroatoms. The summed E-state index contributed by atoms with van der Waals surface area (Å²) in [6.07, 6.45) is 0.118. The lowest BCUT2D eigenvalue weighted by molar-refractivity contribution is -0.0586. The standard InChI is InChI=1S/C13H15BrClNO2/c1-8-6-16(7-9(2)18-8)13(17)11-5-10(14)3-4-12(11)15/h3-5,8-9H,6-7H2,1-2H3/t8-,9-/m0/s1. The van der Waals surface area contributed by atoms with E-state index in [1.807, 2.05) is 19.9 Å². The second kappa shape index (κ2) is 5.59. The Balaban J connectivity index is 2.22. The molecule has 1 heterocycles. The third-order valence-corrected chi connectivity index (χ3v) is 3.69. The predicted molar refractivity (Wildman–Crippen MR) is 75.1 cm³/mol. The maximum absolute atomic E-state index is 12.4. The summed E-state index contributed by atoms with van der Waals surface area (Å²) in [5.74, 6) is -0.0386. The summed E-state index contributed by atoms with van der Waals surface area (Å²) in [7, 11) is 0. The van der Waals surface area contributed by atoms with E-state index in [-0.39, 0.29) is 18.1 Å². The van der Waals surface area contributed by atoms with Gasteiger partial charge in [-0.3, -0.25) is 4.79 Å². The van der Waals surface area contributed by atoms with Gasteiger partial charge < -0.3 is 9.64 Å². The van der Waals surface area contributed by atoms with Crippen LogP contribution in [0.2, 0.25) is 5.02 Å². The van der Waals surface area contributed by atoms with E-state index in [4.69, 9.17) is 16.3 Å². The SMILES string of the molecule is C[C@H]1CN(C(=O)c2cc(Br)ccc2Cl)C[C@H](C)O1. The van der Waals surface area contributed by atoms with Gasteiger partial charge in [0, 0.05) is 17.6 Å². The highest BCUT2D eigenvalue weighted by atomic mass is 79.9. The summed E-state index contributed by atoms with van der Waals surface area (Å²) in [6.45, 7) is 5.15. The first-order valence-corrected chi connectivity index (χ1v) is 7.04. The van der Waals surface area contributed by atoms with Crippen LogP contribution in [0.5, 0.6) is 0 Å². The molecule has 2 rings (SSSR count). The van der Waals surface area contributed by atoms with Crippen molar-refractivity contribution in [2.24, 2.45) is 0 Å². The largest absolute Gasteiger partial charge is 0.372 e. The van der Waals surface area contributed by atoms with Gasteiger partial charge in [-0.05, 0) is 32.0 Å². The summed E-state index contributed by atoms with van der Waals surface area (Å²) >= 11 is 9.44. The molecule has 0 aliphatic carbocycles. The van der Waals surface area contributed by atoms with Crippen LogP contribution in [0.1, 0.15) is 24.2 Å². The molecule has 0 saturated carbocycles. The number of nitrogens with zero attached hydrogens (tertiary/aromatic N) is 1. The van der Waals surface area contributed by atoms with Gasteiger partial charge in [0.15, 0.2) is 0 Å². The number of ether oxygens (including phenoxy) is 1. The van der Waals surface area contributed by atoms with Crippen LogP contribution in [0.15, 0.2) is 22.7 Å². The Morgan fingerprint density at radius 3 is 2.61 bits per heavy atom. The van der Waals surface area contributed by atoms with E-state index in [1.54, 1.807) is 17.0 Å². The minimum atomic E-state index is -0.0386. The van der Waals surface area contributed by atoms with Crippen molar-refractivity contribution >= 4 is 33.4 Å². The Hall–Kier alpha value is -0.580. The van der Waals surface area contributed by atoms with Gasteiger partial charge in [0.05, 0.1) is 22.8 Å². The molecule has 1 aromatic rings. The quantitative estimate of drug-likeness (QED) is 0.789. The van der Waals surface area contributed by atoms with Crippen LogP contribution in [-0.2, 0) is 4.74 Å². The summed E-state index contributed by atoms with van der Waals surface area (Å²) in [4.78, 5) is 14.2. The van der Waals surface area contributed by atoms with E-state index in [1.165, 1.54) is 0 Å². The van der Waals surface area contributed by atoms with Crippen molar-refractivity contribution in [3.63, 3.8) is 0 Å². The first-order chi connectivity index (χ1) is 8.47. The highest BCUT2D eigenvalue weighted by molar-refractivity contribution is 9.10. The maximum Gasteiger partial charge on any atom is 0.255 e. The zero-order valence-corrected chi connectivity index (χ0v) is 12.7.